The van der Waals surface area contributed by atoms with Crippen LogP contribution in [0.25, 0.3) is 0 Å². The zero-order valence-electron chi connectivity index (χ0n) is 9.01. The van der Waals surface area contributed by atoms with E-state index in [1.54, 1.807) is 0 Å². The maximum Gasteiger partial charge on any atom is 0.259 e. The molecule has 1 aliphatic heterocycles. The Morgan fingerprint density at radius 2 is 2.12 bits per heavy atom. The van der Waals surface area contributed by atoms with Crippen molar-refractivity contribution in [1.82, 2.24) is 5.01 Å². The molecule has 1 aliphatic rings. The Morgan fingerprint density at radius 3 is 2.65 bits per heavy atom. The second-order valence-electron chi connectivity index (χ2n) is 3.45. The zero-order chi connectivity index (χ0) is 12.4. The first-order chi connectivity index (χ1) is 8.08. The van der Waals surface area contributed by atoms with Crippen LogP contribution in [0.2, 0.25) is 0 Å². The van der Waals surface area contributed by atoms with Crippen LogP contribution < -0.4 is 0 Å². The van der Waals surface area contributed by atoms with Gasteiger partial charge < -0.3 is 0 Å². The normalized spacial score (nSPS) is 16.8. The molecule has 0 aliphatic carbocycles. The van der Waals surface area contributed by atoms with Crippen molar-refractivity contribution in [3.8, 4) is 0 Å². The van der Waals surface area contributed by atoms with Crippen LogP contribution in [0.15, 0.2) is 33.8 Å². The second-order valence-corrected chi connectivity index (χ2v) is 5.98. The van der Waals surface area contributed by atoms with E-state index in [2.05, 4.69) is 21.0 Å². The highest BCUT2D eigenvalue weighted by molar-refractivity contribution is 9.10. The highest BCUT2D eigenvalue weighted by Gasteiger charge is 2.26. The summed E-state index contributed by atoms with van der Waals surface area (Å²) in [5, 5.41) is 5.56. The molecule has 0 radical (unpaired) electrons. The molecule has 2 rings (SSSR count). The van der Waals surface area contributed by atoms with Gasteiger partial charge in [0, 0.05) is 4.47 Å². The van der Waals surface area contributed by atoms with Gasteiger partial charge in [-0.2, -0.15) is 10.1 Å². The molecule has 0 N–H and O–H groups in total. The van der Waals surface area contributed by atoms with Crippen LogP contribution in [0.5, 0.6) is 0 Å². The lowest BCUT2D eigenvalue weighted by Crippen LogP contribution is -2.24. The van der Waals surface area contributed by atoms with Gasteiger partial charge in [-0.15, -0.1) is 0 Å². The van der Waals surface area contributed by atoms with Crippen LogP contribution in [-0.2, 0) is 4.79 Å². The molecule has 1 aromatic rings. The third kappa shape index (κ3) is 2.94. The standard InChI is InChI=1S/C11H9BrN2OS2/c1-7(8-2-4-9(12)5-3-8)13-14-10(15)6-17-11(14)16/h2-5H,6H2,1H3/b13-7+. The van der Waals surface area contributed by atoms with Crippen LogP contribution in [0.1, 0.15) is 12.5 Å². The lowest BCUT2D eigenvalue weighted by Gasteiger charge is -2.09. The molecule has 1 amide bonds. The number of thioether (sulfide) groups is 1. The Labute approximate surface area is 117 Å². The summed E-state index contributed by atoms with van der Waals surface area (Å²) in [6.45, 7) is 1.86. The number of hydrazone groups is 1. The summed E-state index contributed by atoms with van der Waals surface area (Å²) in [4.78, 5) is 11.5. The van der Waals surface area contributed by atoms with Gasteiger partial charge in [-0.1, -0.05) is 52.0 Å². The first-order valence-electron chi connectivity index (χ1n) is 4.89. The summed E-state index contributed by atoms with van der Waals surface area (Å²) in [5.41, 5.74) is 1.75. The molecule has 0 aromatic heterocycles. The monoisotopic (exact) mass is 328 g/mol. The lowest BCUT2D eigenvalue weighted by atomic mass is 10.1. The third-order valence-corrected chi connectivity index (χ3v) is 4.11. The molecule has 1 aromatic carbocycles. The van der Waals surface area contributed by atoms with Gasteiger partial charge in [-0.3, -0.25) is 4.79 Å². The summed E-state index contributed by atoms with van der Waals surface area (Å²) in [5.74, 6) is 0.326. The summed E-state index contributed by atoms with van der Waals surface area (Å²) >= 11 is 9.78. The van der Waals surface area contributed by atoms with Gasteiger partial charge >= 0.3 is 0 Å². The van der Waals surface area contributed by atoms with Crippen LogP contribution in [0.4, 0.5) is 0 Å². The molecule has 3 nitrogen and oxygen atoms in total. The van der Waals surface area contributed by atoms with E-state index in [0.29, 0.717) is 10.1 Å². The number of benzene rings is 1. The van der Waals surface area contributed by atoms with E-state index in [1.807, 2.05) is 31.2 Å². The van der Waals surface area contributed by atoms with Crippen molar-refractivity contribution in [2.45, 2.75) is 6.92 Å². The first-order valence-corrected chi connectivity index (χ1v) is 7.07. The van der Waals surface area contributed by atoms with Crippen molar-refractivity contribution in [2.24, 2.45) is 5.10 Å². The van der Waals surface area contributed by atoms with E-state index in [4.69, 9.17) is 12.2 Å². The summed E-state index contributed by atoms with van der Waals surface area (Å²) in [6, 6.07) is 7.76. The highest BCUT2D eigenvalue weighted by atomic mass is 79.9. The van der Waals surface area contributed by atoms with Crippen molar-refractivity contribution in [3.05, 3.63) is 34.3 Å². The van der Waals surface area contributed by atoms with Crippen molar-refractivity contribution >= 4 is 55.8 Å². The molecule has 0 saturated carbocycles. The maximum atomic E-state index is 11.5. The molecule has 0 atom stereocenters. The second kappa shape index (κ2) is 5.29. The van der Waals surface area contributed by atoms with E-state index in [-0.39, 0.29) is 5.91 Å². The molecule has 1 heterocycles. The molecular formula is C11H9BrN2OS2. The number of rotatable bonds is 2. The molecular weight excluding hydrogens is 320 g/mol. The molecule has 1 fully saturated rings. The number of carbonyl (C=O) groups excluding carboxylic acids is 1. The Bertz CT molecular complexity index is 483. The van der Waals surface area contributed by atoms with Crippen molar-refractivity contribution in [3.63, 3.8) is 0 Å². The number of halogens is 1. The quantitative estimate of drug-likeness (QED) is 0.618. The fourth-order valence-corrected chi connectivity index (χ4v) is 2.56. The smallest absolute Gasteiger partial charge is 0.259 e. The minimum absolute atomic E-state index is 0.0588. The predicted molar refractivity (Wildman–Crippen MR) is 78.3 cm³/mol. The Kier molecular flexibility index (Phi) is 3.96. The SMILES string of the molecule is C/C(=N\N1C(=O)CSC1=S)c1ccc(Br)cc1. The molecule has 0 spiro atoms. The van der Waals surface area contributed by atoms with Gasteiger partial charge in [0.2, 0.25) is 0 Å². The number of hydrogen-bond acceptors (Lipinski definition) is 4. The third-order valence-electron chi connectivity index (χ3n) is 2.24. The van der Waals surface area contributed by atoms with Crippen molar-refractivity contribution in [1.29, 1.82) is 0 Å². The molecule has 88 valence electrons. The molecule has 0 bridgehead atoms. The molecule has 17 heavy (non-hydrogen) atoms. The van der Waals surface area contributed by atoms with Gasteiger partial charge in [-0.05, 0) is 24.6 Å². The predicted octanol–water partition coefficient (Wildman–Crippen LogP) is 3.03. The summed E-state index contributed by atoms with van der Waals surface area (Å²) in [7, 11) is 0. The summed E-state index contributed by atoms with van der Waals surface area (Å²) in [6.07, 6.45) is 0. The van der Waals surface area contributed by atoms with Gasteiger partial charge in [0.25, 0.3) is 5.91 Å². The van der Waals surface area contributed by atoms with E-state index in [0.717, 1.165) is 15.7 Å². The van der Waals surface area contributed by atoms with Gasteiger partial charge in [0.15, 0.2) is 4.32 Å². The fraction of sp³-hybridized carbons (Fsp3) is 0.182. The minimum atomic E-state index is -0.0588. The first kappa shape index (κ1) is 12.7. The Morgan fingerprint density at radius 1 is 1.47 bits per heavy atom. The average Bonchev–Trinajstić information content (AvgIpc) is 2.61. The largest absolute Gasteiger partial charge is 0.272 e. The number of carbonyl (C=O) groups is 1. The van der Waals surface area contributed by atoms with E-state index >= 15 is 0 Å². The van der Waals surface area contributed by atoms with Crippen LogP contribution >= 0.6 is 39.9 Å². The molecule has 6 heteroatoms. The van der Waals surface area contributed by atoms with Gasteiger partial charge in [0.1, 0.15) is 0 Å². The van der Waals surface area contributed by atoms with Crippen molar-refractivity contribution in [2.75, 3.05) is 5.75 Å². The molecule has 0 unspecified atom stereocenters. The topological polar surface area (TPSA) is 32.7 Å². The van der Waals surface area contributed by atoms with Gasteiger partial charge in [-0.25, -0.2) is 0 Å². The number of nitrogens with zero attached hydrogens (tertiary/aromatic N) is 2. The zero-order valence-corrected chi connectivity index (χ0v) is 12.2. The van der Waals surface area contributed by atoms with E-state index < -0.39 is 0 Å². The summed E-state index contributed by atoms with van der Waals surface area (Å²) < 4.78 is 1.53. The number of thiocarbonyl (C=S) groups is 1. The number of amides is 1. The van der Waals surface area contributed by atoms with Crippen LogP contribution in [0.3, 0.4) is 0 Å². The van der Waals surface area contributed by atoms with Crippen LogP contribution in [-0.4, -0.2) is 26.7 Å². The molecule has 1 saturated heterocycles. The van der Waals surface area contributed by atoms with E-state index in [1.165, 1.54) is 16.8 Å². The minimum Gasteiger partial charge on any atom is -0.272 e. The highest BCUT2D eigenvalue weighted by Crippen LogP contribution is 2.20. The fourth-order valence-electron chi connectivity index (χ4n) is 1.34. The average molecular weight is 329 g/mol. The van der Waals surface area contributed by atoms with Crippen LogP contribution in [0, 0.1) is 0 Å². The lowest BCUT2D eigenvalue weighted by molar-refractivity contribution is -0.124. The maximum absolute atomic E-state index is 11.5. The van der Waals surface area contributed by atoms with Gasteiger partial charge in [0.05, 0.1) is 11.5 Å². The Hall–Kier alpha value is -0.720. The number of hydrogen-bond donors (Lipinski definition) is 0. The van der Waals surface area contributed by atoms with E-state index in [9.17, 15) is 4.79 Å². The Balaban J connectivity index is 2.24. The van der Waals surface area contributed by atoms with Crippen molar-refractivity contribution < 1.29 is 4.79 Å².